The number of amides is 2. The van der Waals surface area contributed by atoms with Crippen LogP contribution in [0, 0.1) is 0 Å². The molecule has 3 rings (SSSR count). The summed E-state index contributed by atoms with van der Waals surface area (Å²) in [5.74, 6) is -0.439. The third kappa shape index (κ3) is 6.13. The number of anilines is 3. The molecule has 34 heavy (non-hydrogen) atoms. The molecule has 3 aromatic rings. The molecule has 0 aliphatic carbocycles. The fraction of sp³-hybridized carbons (Fsp3) is 0.143. The molecule has 0 aliphatic heterocycles. The first kappa shape index (κ1) is 25.2. The molecule has 0 bridgehead atoms. The van der Waals surface area contributed by atoms with Gasteiger partial charge in [-0.05, 0) is 36.4 Å². The molecule has 178 valence electrons. The van der Waals surface area contributed by atoms with Crippen LogP contribution in [-0.2, 0) is 4.79 Å². The molecule has 10 nitrogen and oxygen atoms in total. The maximum atomic E-state index is 12.6. The molecule has 5 N–H and O–H groups in total. The number of nitrogens with two attached hydrogens (primary N) is 1. The van der Waals surface area contributed by atoms with Crippen LogP contribution in [0.4, 0.5) is 17.2 Å². The maximum Gasteiger partial charge on any atom is 0.277 e. The SMILES string of the molecule is COc1ccc(C(=O)Nc2c(N)nc(SCC(=O)Nc3ccc(Cl)c(Cl)c3)[nH]c2=O)cc1OC. The van der Waals surface area contributed by atoms with Gasteiger partial charge in [0, 0.05) is 11.3 Å². The van der Waals surface area contributed by atoms with E-state index in [1.54, 1.807) is 18.2 Å². The van der Waals surface area contributed by atoms with Gasteiger partial charge in [-0.1, -0.05) is 35.0 Å². The molecule has 1 aromatic heterocycles. The van der Waals surface area contributed by atoms with Gasteiger partial charge in [-0.25, -0.2) is 4.98 Å². The summed E-state index contributed by atoms with van der Waals surface area (Å²) in [6, 6.07) is 9.20. The Kier molecular flexibility index (Phi) is 8.26. The lowest BCUT2D eigenvalue weighted by molar-refractivity contribution is -0.113. The van der Waals surface area contributed by atoms with Crippen LogP contribution in [0.2, 0.25) is 10.0 Å². The first-order valence-electron chi connectivity index (χ1n) is 9.52. The minimum atomic E-state index is -0.672. The smallest absolute Gasteiger partial charge is 0.277 e. The van der Waals surface area contributed by atoms with Crippen LogP contribution in [0.5, 0.6) is 11.5 Å². The van der Waals surface area contributed by atoms with Crippen molar-refractivity contribution < 1.29 is 19.1 Å². The quantitative estimate of drug-likeness (QED) is 0.258. The van der Waals surface area contributed by atoms with Gasteiger partial charge in [0.2, 0.25) is 5.91 Å². The lowest BCUT2D eigenvalue weighted by Crippen LogP contribution is -2.23. The Balaban J connectivity index is 1.66. The van der Waals surface area contributed by atoms with Crippen molar-refractivity contribution in [2.45, 2.75) is 5.16 Å². The molecule has 0 spiro atoms. The molecule has 0 radical (unpaired) electrons. The second kappa shape index (κ2) is 11.1. The third-order valence-corrected chi connectivity index (χ3v) is 5.97. The van der Waals surface area contributed by atoms with Crippen LogP contribution in [0.25, 0.3) is 0 Å². The first-order valence-corrected chi connectivity index (χ1v) is 11.3. The minimum Gasteiger partial charge on any atom is -0.493 e. The number of methoxy groups -OCH3 is 2. The Labute approximate surface area is 208 Å². The average Bonchev–Trinajstić information content (AvgIpc) is 2.81. The number of carbonyl (C=O) groups is 2. The highest BCUT2D eigenvalue weighted by Gasteiger charge is 2.16. The van der Waals surface area contributed by atoms with Gasteiger partial charge < -0.3 is 25.8 Å². The number of hydrogen-bond donors (Lipinski definition) is 4. The summed E-state index contributed by atoms with van der Waals surface area (Å²) in [6.07, 6.45) is 0. The van der Waals surface area contributed by atoms with Gasteiger partial charge in [-0.3, -0.25) is 19.4 Å². The van der Waals surface area contributed by atoms with Gasteiger partial charge in [-0.15, -0.1) is 0 Å². The topological polar surface area (TPSA) is 148 Å². The fourth-order valence-electron chi connectivity index (χ4n) is 2.73. The molecule has 0 aliphatic rings. The monoisotopic (exact) mass is 523 g/mol. The van der Waals surface area contributed by atoms with E-state index in [1.165, 1.54) is 32.4 Å². The molecule has 13 heteroatoms. The molecule has 2 amide bonds. The van der Waals surface area contributed by atoms with Crippen molar-refractivity contribution in [3.8, 4) is 11.5 Å². The van der Waals surface area contributed by atoms with E-state index in [-0.39, 0.29) is 33.9 Å². The maximum absolute atomic E-state index is 12.6. The van der Waals surface area contributed by atoms with Gasteiger partial charge in [-0.2, -0.15) is 0 Å². The number of thioether (sulfide) groups is 1. The molecular formula is C21H19Cl2N5O5S. The summed E-state index contributed by atoms with van der Waals surface area (Å²) in [5.41, 5.74) is 5.67. The number of nitrogen functional groups attached to an aromatic ring is 1. The normalized spacial score (nSPS) is 10.5. The number of H-pyrrole nitrogens is 1. The number of hydrogen-bond acceptors (Lipinski definition) is 8. The number of aromatic amines is 1. The van der Waals surface area contributed by atoms with Crippen LogP contribution in [0.3, 0.4) is 0 Å². The number of benzene rings is 2. The molecule has 0 atom stereocenters. The Bertz CT molecular complexity index is 1300. The number of nitrogens with zero attached hydrogens (tertiary/aromatic N) is 1. The van der Waals surface area contributed by atoms with E-state index in [0.717, 1.165) is 11.8 Å². The second-order valence-corrected chi connectivity index (χ2v) is 8.40. The molecular weight excluding hydrogens is 505 g/mol. The summed E-state index contributed by atoms with van der Waals surface area (Å²) < 4.78 is 10.3. The van der Waals surface area contributed by atoms with E-state index in [2.05, 4.69) is 20.6 Å². The van der Waals surface area contributed by atoms with E-state index >= 15 is 0 Å². The van der Waals surface area contributed by atoms with Gasteiger partial charge in [0.1, 0.15) is 5.69 Å². The molecule has 1 heterocycles. The molecule has 0 fully saturated rings. The van der Waals surface area contributed by atoms with E-state index in [9.17, 15) is 14.4 Å². The zero-order valence-corrected chi connectivity index (χ0v) is 20.2. The van der Waals surface area contributed by atoms with Gasteiger partial charge in [0.15, 0.2) is 22.5 Å². The third-order valence-electron chi connectivity index (χ3n) is 4.35. The Morgan fingerprint density at radius 3 is 2.44 bits per heavy atom. The minimum absolute atomic E-state index is 0.0695. The molecule has 0 unspecified atom stereocenters. The van der Waals surface area contributed by atoms with Crippen molar-refractivity contribution in [2.75, 3.05) is 36.3 Å². The predicted molar refractivity (Wildman–Crippen MR) is 133 cm³/mol. The molecule has 0 saturated carbocycles. The van der Waals surface area contributed by atoms with Crippen molar-refractivity contribution in [3.05, 3.63) is 62.4 Å². The lowest BCUT2D eigenvalue weighted by atomic mass is 10.2. The number of ether oxygens (including phenoxy) is 2. The van der Waals surface area contributed by atoms with Gasteiger partial charge in [0.05, 0.1) is 30.0 Å². The average molecular weight is 524 g/mol. The van der Waals surface area contributed by atoms with Gasteiger partial charge in [0.25, 0.3) is 11.5 Å². The van der Waals surface area contributed by atoms with Crippen molar-refractivity contribution in [3.63, 3.8) is 0 Å². The standard InChI is InChI=1S/C21H19Cl2N5O5S/c1-32-14-6-3-10(7-15(14)33-2)19(30)26-17-18(24)27-21(28-20(17)31)34-9-16(29)25-11-4-5-12(22)13(23)8-11/h3-8H,9H2,1-2H3,(H,25,29)(H,26,30)(H3,24,27,28,31). The van der Waals surface area contributed by atoms with Crippen molar-refractivity contribution in [1.29, 1.82) is 0 Å². The van der Waals surface area contributed by atoms with Crippen molar-refractivity contribution >= 4 is 64.0 Å². The second-order valence-electron chi connectivity index (χ2n) is 6.62. The van der Waals surface area contributed by atoms with Crippen LogP contribution in [0.15, 0.2) is 46.3 Å². The first-order chi connectivity index (χ1) is 16.2. The summed E-state index contributed by atoms with van der Waals surface area (Å²) in [7, 11) is 2.91. The number of nitrogens with one attached hydrogen (secondary N) is 3. The summed E-state index contributed by atoms with van der Waals surface area (Å²) in [5, 5.41) is 5.87. The van der Waals surface area contributed by atoms with E-state index in [4.69, 9.17) is 38.4 Å². The zero-order chi connectivity index (χ0) is 24.8. The fourth-order valence-corrected chi connectivity index (χ4v) is 3.69. The Hall–Kier alpha value is -3.41. The molecule has 0 saturated heterocycles. The number of aromatic nitrogens is 2. The predicted octanol–water partition coefficient (Wildman–Crippen LogP) is 3.66. The highest BCUT2D eigenvalue weighted by Crippen LogP contribution is 2.28. The van der Waals surface area contributed by atoms with Crippen LogP contribution >= 0.6 is 35.0 Å². The van der Waals surface area contributed by atoms with Crippen molar-refractivity contribution in [1.82, 2.24) is 9.97 Å². The van der Waals surface area contributed by atoms with E-state index in [1.807, 2.05) is 0 Å². The summed E-state index contributed by atoms with van der Waals surface area (Å²) >= 11 is 12.7. The van der Waals surface area contributed by atoms with Crippen LogP contribution in [-0.4, -0.2) is 41.8 Å². The van der Waals surface area contributed by atoms with E-state index < -0.39 is 11.5 Å². The van der Waals surface area contributed by atoms with Crippen molar-refractivity contribution in [2.24, 2.45) is 0 Å². The highest BCUT2D eigenvalue weighted by molar-refractivity contribution is 7.99. The number of rotatable bonds is 8. The van der Waals surface area contributed by atoms with E-state index in [0.29, 0.717) is 27.2 Å². The molecule has 2 aromatic carbocycles. The highest BCUT2D eigenvalue weighted by atomic mass is 35.5. The number of carbonyl (C=O) groups excluding carboxylic acids is 2. The largest absolute Gasteiger partial charge is 0.493 e. The summed E-state index contributed by atoms with van der Waals surface area (Å²) in [4.78, 5) is 43.8. The lowest BCUT2D eigenvalue weighted by Gasteiger charge is -2.11. The zero-order valence-electron chi connectivity index (χ0n) is 17.9. The summed E-state index contributed by atoms with van der Waals surface area (Å²) in [6.45, 7) is 0. The Morgan fingerprint density at radius 1 is 1.06 bits per heavy atom. The number of halogens is 2. The van der Waals surface area contributed by atoms with Crippen LogP contribution in [0.1, 0.15) is 10.4 Å². The Morgan fingerprint density at radius 2 is 1.79 bits per heavy atom. The van der Waals surface area contributed by atoms with Gasteiger partial charge >= 0.3 is 0 Å². The van der Waals surface area contributed by atoms with Crippen LogP contribution < -0.4 is 31.4 Å².